The van der Waals surface area contributed by atoms with Crippen molar-refractivity contribution in [3.05, 3.63) is 65.7 Å². The van der Waals surface area contributed by atoms with Gasteiger partial charge in [0.1, 0.15) is 0 Å². The van der Waals surface area contributed by atoms with Crippen LogP contribution in [0.2, 0.25) is 0 Å². The predicted molar refractivity (Wildman–Crippen MR) is 132 cm³/mol. The number of anilines is 2. The van der Waals surface area contributed by atoms with E-state index in [1.807, 2.05) is 36.4 Å². The highest BCUT2D eigenvalue weighted by atomic mass is 16.5. The Bertz CT molecular complexity index is 1020. The number of methoxy groups -OCH3 is 1. The van der Waals surface area contributed by atoms with E-state index in [1.54, 1.807) is 25.1 Å². The predicted octanol–water partition coefficient (Wildman–Crippen LogP) is 3.20. The minimum absolute atomic E-state index is 0.0717. The maximum absolute atomic E-state index is 12.6. The summed E-state index contributed by atoms with van der Waals surface area (Å²) in [6.07, 6.45) is 3.05. The SMILES string of the molecule is CCOC(=O)/C=C/c1ccc(NC(=O)CN2CCN(c3ccc(C(=O)OC)cc3)CC2C)cc1. The molecule has 0 aromatic heterocycles. The van der Waals surface area contributed by atoms with Gasteiger partial charge in [-0.05, 0) is 61.9 Å². The van der Waals surface area contributed by atoms with E-state index in [2.05, 4.69) is 22.0 Å². The lowest BCUT2D eigenvalue weighted by Gasteiger charge is -2.40. The van der Waals surface area contributed by atoms with Gasteiger partial charge in [0.25, 0.3) is 0 Å². The summed E-state index contributed by atoms with van der Waals surface area (Å²) in [6.45, 7) is 6.84. The van der Waals surface area contributed by atoms with Crippen molar-refractivity contribution in [2.24, 2.45) is 0 Å². The van der Waals surface area contributed by atoms with Gasteiger partial charge in [0.15, 0.2) is 0 Å². The lowest BCUT2D eigenvalue weighted by atomic mass is 10.1. The van der Waals surface area contributed by atoms with Crippen LogP contribution >= 0.6 is 0 Å². The molecule has 1 saturated heterocycles. The van der Waals surface area contributed by atoms with E-state index in [0.717, 1.165) is 30.9 Å². The molecule has 1 heterocycles. The third kappa shape index (κ3) is 6.92. The van der Waals surface area contributed by atoms with Crippen LogP contribution in [0, 0.1) is 0 Å². The van der Waals surface area contributed by atoms with Gasteiger partial charge in [-0.1, -0.05) is 12.1 Å². The van der Waals surface area contributed by atoms with Crippen LogP contribution in [0.1, 0.15) is 29.8 Å². The van der Waals surface area contributed by atoms with Crippen molar-refractivity contribution in [3.63, 3.8) is 0 Å². The first kappa shape index (κ1) is 25.0. The molecule has 8 nitrogen and oxygen atoms in total. The lowest BCUT2D eigenvalue weighted by molar-refractivity contribution is -0.137. The van der Waals surface area contributed by atoms with E-state index in [4.69, 9.17) is 9.47 Å². The molecule has 8 heteroatoms. The number of ether oxygens (including phenoxy) is 2. The molecule has 0 spiro atoms. The number of nitrogens with zero attached hydrogens (tertiary/aromatic N) is 2. The van der Waals surface area contributed by atoms with Gasteiger partial charge in [-0.25, -0.2) is 9.59 Å². The summed E-state index contributed by atoms with van der Waals surface area (Å²) >= 11 is 0. The smallest absolute Gasteiger partial charge is 0.337 e. The maximum atomic E-state index is 12.6. The molecule has 180 valence electrons. The first-order valence-corrected chi connectivity index (χ1v) is 11.3. The molecular formula is C26H31N3O5. The van der Waals surface area contributed by atoms with Gasteiger partial charge in [0.05, 0.1) is 25.8 Å². The van der Waals surface area contributed by atoms with E-state index in [1.165, 1.54) is 13.2 Å². The Kier molecular flexibility index (Phi) is 8.81. The highest BCUT2D eigenvalue weighted by Gasteiger charge is 2.25. The number of nitrogens with one attached hydrogen (secondary N) is 1. The van der Waals surface area contributed by atoms with Crippen molar-refractivity contribution in [3.8, 4) is 0 Å². The molecule has 1 unspecified atom stereocenters. The Labute approximate surface area is 200 Å². The zero-order valence-corrected chi connectivity index (χ0v) is 19.8. The van der Waals surface area contributed by atoms with Crippen LogP contribution in [-0.4, -0.2) is 68.7 Å². The molecule has 0 aliphatic carbocycles. The fourth-order valence-electron chi connectivity index (χ4n) is 3.81. The Morgan fingerprint density at radius 3 is 2.38 bits per heavy atom. The van der Waals surface area contributed by atoms with Crippen molar-refractivity contribution in [1.29, 1.82) is 0 Å². The molecule has 1 fully saturated rings. The minimum Gasteiger partial charge on any atom is -0.465 e. The van der Waals surface area contributed by atoms with Crippen LogP contribution in [-0.2, 0) is 19.1 Å². The van der Waals surface area contributed by atoms with Crippen LogP contribution in [0.3, 0.4) is 0 Å². The number of esters is 2. The topological polar surface area (TPSA) is 88.2 Å². The summed E-state index contributed by atoms with van der Waals surface area (Å²) in [5.41, 5.74) is 3.11. The minimum atomic E-state index is -0.382. The normalized spacial score (nSPS) is 16.3. The molecule has 0 saturated carbocycles. The Morgan fingerprint density at radius 2 is 1.76 bits per heavy atom. The zero-order chi connectivity index (χ0) is 24.5. The van der Waals surface area contributed by atoms with E-state index >= 15 is 0 Å². The molecule has 1 amide bonds. The van der Waals surface area contributed by atoms with Crippen LogP contribution in [0.5, 0.6) is 0 Å². The van der Waals surface area contributed by atoms with Crippen molar-refractivity contribution in [2.75, 3.05) is 50.1 Å². The third-order valence-electron chi connectivity index (χ3n) is 5.66. The number of piperazine rings is 1. The van der Waals surface area contributed by atoms with Gasteiger partial charge in [0.2, 0.25) is 5.91 Å². The van der Waals surface area contributed by atoms with E-state index < -0.39 is 0 Å². The first-order chi connectivity index (χ1) is 16.4. The maximum Gasteiger partial charge on any atom is 0.337 e. The number of carbonyl (C=O) groups is 3. The van der Waals surface area contributed by atoms with Gasteiger partial charge >= 0.3 is 11.9 Å². The molecule has 1 atom stereocenters. The molecule has 2 aromatic rings. The summed E-state index contributed by atoms with van der Waals surface area (Å²) in [5, 5.41) is 2.93. The standard InChI is InChI=1S/C26H31N3O5/c1-4-34-25(31)14-7-20-5-10-22(11-6-20)27-24(30)18-28-15-16-29(17-19(28)2)23-12-8-21(9-13-23)26(32)33-3/h5-14,19H,4,15-18H2,1-3H3,(H,27,30)/b14-7+. The summed E-state index contributed by atoms with van der Waals surface area (Å²) in [7, 11) is 1.37. The summed E-state index contributed by atoms with van der Waals surface area (Å²) in [4.78, 5) is 40.0. The lowest BCUT2D eigenvalue weighted by Crippen LogP contribution is -2.53. The van der Waals surface area contributed by atoms with Crippen molar-refractivity contribution in [2.45, 2.75) is 19.9 Å². The number of rotatable bonds is 8. The average molecular weight is 466 g/mol. The van der Waals surface area contributed by atoms with Crippen molar-refractivity contribution in [1.82, 2.24) is 4.90 Å². The Balaban J connectivity index is 1.48. The largest absolute Gasteiger partial charge is 0.465 e. The van der Waals surface area contributed by atoms with Crippen LogP contribution < -0.4 is 10.2 Å². The molecule has 34 heavy (non-hydrogen) atoms. The van der Waals surface area contributed by atoms with Crippen molar-refractivity contribution >= 4 is 35.3 Å². The highest BCUT2D eigenvalue weighted by molar-refractivity contribution is 5.92. The van der Waals surface area contributed by atoms with Crippen molar-refractivity contribution < 1.29 is 23.9 Å². The Morgan fingerprint density at radius 1 is 1.06 bits per heavy atom. The molecule has 1 aliphatic heterocycles. The number of hydrogen-bond donors (Lipinski definition) is 1. The van der Waals surface area contributed by atoms with Crippen LogP contribution in [0.4, 0.5) is 11.4 Å². The molecule has 2 aromatic carbocycles. The molecule has 3 rings (SSSR count). The van der Waals surface area contributed by atoms with Crippen LogP contribution in [0.25, 0.3) is 6.08 Å². The van der Waals surface area contributed by atoms with E-state index in [-0.39, 0.29) is 23.9 Å². The van der Waals surface area contributed by atoms with Gasteiger partial charge < -0.3 is 19.7 Å². The van der Waals surface area contributed by atoms with Gasteiger partial charge in [-0.15, -0.1) is 0 Å². The van der Waals surface area contributed by atoms with E-state index in [0.29, 0.717) is 24.4 Å². The number of amides is 1. The van der Waals surface area contributed by atoms with Gasteiger partial charge in [-0.2, -0.15) is 0 Å². The molecule has 1 N–H and O–H groups in total. The molecule has 1 aliphatic rings. The highest BCUT2D eigenvalue weighted by Crippen LogP contribution is 2.20. The molecular weight excluding hydrogens is 434 g/mol. The summed E-state index contributed by atoms with van der Waals surface area (Å²) in [5.74, 6) is -0.802. The number of benzene rings is 2. The monoisotopic (exact) mass is 465 g/mol. The number of hydrogen-bond acceptors (Lipinski definition) is 7. The van der Waals surface area contributed by atoms with Gasteiger partial charge in [0, 0.05) is 43.1 Å². The first-order valence-electron chi connectivity index (χ1n) is 11.3. The van der Waals surface area contributed by atoms with Gasteiger partial charge in [-0.3, -0.25) is 9.69 Å². The number of carbonyl (C=O) groups excluding carboxylic acids is 3. The quantitative estimate of drug-likeness (QED) is 0.473. The van der Waals surface area contributed by atoms with E-state index in [9.17, 15) is 14.4 Å². The second kappa shape index (κ2) is 12.0. The zero-order valence-electron chi connectivity index (χ0n) is 19.8. The second-order valence-corrected chi connectivity index (χ2v) is 8.06. The average Bonchev–Trinajstić information content (AvgIpc) is 2.84. The third-order valence-corrected chi connectivity index (χ3v) is 5.66. The Hall–Kier alpha value is -3.65. The molecule has 0 bridgehead atoms. The summed E-state index contributed by atoms with van der Waals surface area (Å²) < 4.78 is 9.61. The summed E-state index contributed by atoms with van der Waals surface area (Å²) in [6, 6.07) is 14.9. The fourth-order valence-corrected chi connectivity index (χ4v) is 3.81. The second-order valence-electron chi connectivity index (χ2n) is 8.06. The molecule has 0 radical (unpaired) electrons. The van der Waals surface area contributed by atoms with Crippen LogP contribution in [0.15, 0.2) is 54.6 Å². The fraction of sp³-hybridized carbons (Fsp3) is 0.346.